The van der Waals surface area contributed by atoms with Gasteiger partial charge in [-0.3, -0.25) is 9.59 Å². The Hall–Kier alpha value is -1.10. The smallest absolute Gasteiger partial charge is 0.244 e. The first kappa shape index (κ1) is 14.0. The molecule has 0 saturated carbocycles. The molecule has 1 saturated heterocycles. The lowest BCUT2D eigenvalue weighted by Gasteiger charge is -2.28. The number of likely N-dealkylation sites (tertiary alicyclic amines) is 1. The highest BCUT2D eigenvalue weighted by atomic mass is 16.2. The van der Waals surface area contributed by atoms with Gasteiger partial charge in [0, 0.05) is 20.6 Å². The van der Waals surface area contributed by atoms with Crippen molar-refractivity contribution in [3.8, 4) is 0 Å². The van der Waals surface area contributed by atoms with E-state index in [0.717, 1.165) is 19.3 Å². The van der Waals surface area contributed by atoms with E-state index in [2.05, 4.69) is 0 Å². The van der Waals surface area contributed by atoms with E-state index in [1.54, 1.807) is 23.9 Å². The Bertz CT molecular complexity index is 291. The van der Waals surface area contributed by atoms with Gasteiger partial charge >= 0.3 is 0 Å². The van der Waals surface area contributed by atoms with Gasteiger partial charge in [-0.25, -0.2) is 0 Å². The SMILES string of the molecule is CCCC(N)C(=O)N1CCCC1C(=O)N(C)C. The molecule has 2 amide bonds. The lowest BCUT2D eigenvalue weighted by molar-refractivity contribution is -0.143. The Morgan fingerprint density at radius 1 is 1.47 bits per heavy atom. The molecule has 1 aliphatic heterocycles. The van der Waals surface area contributed by atoms with Crippen LogP contribution in [0, 0.1) is 0 Å². The minimum absolute atomic E-state index is 0.000418. The number of rotatable bonds is 4. The van der Waals surface area contributed by atoms with E-state index in [1.807, 2.05) is 6.92 Å². The molecule has 1 heterocycles. The standard InChI is InChI=1S/C12H23N3O2/c1-4-6-9(13)11(16)15-8-5-7-10(15)12(17)14(2)3/h9-10H,4-8,13H2,1-3H3. The van der Waals surface area contributed by atoms with Crippen LogP contribution >= 0.6 is 0 Å². The van der Waals surface area contributed by atoms with Gasteiger partial charge < -0.3 is 15.5 Å². The molecule has 1 rings (SSSR count). The fourth-order valence-electron chi connectivity index (χ4n) is 2.23. The second-order valence-electron chi connectivity index (χ2n) is 4.82. The van der Waals surface area contributed by atoms with Gasteiger partial charge in [0.1, 0.15) is 6.04 Å². The number of nitrogens with zero attached hydrogens (tertiary/aromatic N) is 2. The first-order valence-corrected chi connectivity index (χ1v) is 6.26. The van der Waals surface area contributed by atoms with E-state index < -0.39 is 6.04 Å². The van der Waals surface area contributed by atoms with Gasteiger partial charge in [0.2, 0.25) is 11.8 Å². The summed E-state index contributed by atoms with van der Waals surface area (Å²) in [6.07, 6.45) is 3.20. The van der Waals surface area contributed by atoms with Crippen molar-refractivity contribution >= 4 is 11.8 Å². The summed E-state index contributed by atoms with van der Waals surface area (Å²) in [5, 5.41) is 0. The monoisotopic (exact) mass is 241 g/mol. The number of nitrogens with two attached hydrogens (primary N) is 1. The largest absolute Gasteiger partial charge is 0.347 e. The van der Waals surface area contributed by atoms with E-state index in [4.69, 9.17) is 5.73 Å². The van der Waals surface area contributed by atoms with Crippen LogP contribution in [0.3, 0.4) is 0 Å². The van der Waals surface area contributed by atoms with Crippen molar-refractivity contribution in [2.24, 2.45) is 5.73 Å². The van der Waals surface area contributed by atoms with Crippen LogP contribution in [0.5, 0.6) is 0 Å². The first-order chi connectivity index (χ1) is 7.99. The number of carbonyl (C=O) groups excluding carboxylic acids is 2. The summed E-state index contributed by atoms with van der Waals surface area (Å²) in [4.78, 5) is 27.2. The number of likely N-dealkylation sites (N-methyl/N-ethyl adjacent to an activating group) is 1. The zero-order valence-electron chi connectivity index (χ0n) is 11.0. The maximum Gasteiger partial charge on any atom is 0.244 e. The molecule has 98 valence electrons. The molecule has 2 atom stereocenters. The summed E-state index contributed by atoms with van der Waals surface area (Å²) in [7, 11) is 3.44. The first-order valence-electron chi connectivity index (χ1n) is 6.26. The van der Waals surface area contributed by atoms with E-state index in [1.165, 1.54) is 0 Å². The van der Waals surface area contributed by atoms with Crippen LogP contribution in [0.15, 0.2) is 0 Å². The van der Waals surface area contributed by atoms with E-state index in [9.17, 15) is 9.59 Å². The van der Waals surface area contributed by atoms with Crippen molar-refractivity contribution in [1.29, 1.82) is 0 Å². The maximum atomic E-state index is 12.1. The molecule has 1 fully saturated rings. The Balaban J connectivity index is 2.69. The predicted octanol–water partition coefficient (Wildman–Crippen LogP) is 0.193. The number of hydrogen-bond donors (Lipinski definition) is 1. The Labute approximate surface area is 103 Å². The second kappa shape index (κ2) is 6.00. The maximum absolute atomic E-state index is 12.1. The van der Waals surface area contributed by atoms with Crippen LogP contribution in [0.1, 0.15) is 32.6 Å². The van der Waals surface area contributed by atoms with Gasteiger partial charge in [0.25, 0.3) is 0 Å². The molecule has 2 N–H and O–H groups in total. The molecule has 5 heteroatoms. The van der Waals surface area contributed by atoms with Crippen LogP contribution in [-0.2, 0) is 9.59 Å². The van der Waals surface area contributed by atoms with Crippen molar-refractivity contribution in [1.82, 2.24) is 9.80 Å². The summed E-state index contributed by atoms with van der Waals surface area (Å²) in [6.45, 7) is 2.65. The molecule has 2 unspecified atom stereocenters. The molecule has 0 radical (unpaired) electrons. The normalized spacial score (nSPS) is 21.4. The molecular weight excluding hydrogens is 218 g/mol. The molecule has 5 nitrogen and oxygen atoms in total. The Morgan fingerprint density at radius 3 is 2.65 bits per heavy atom. The average Bonchev–Trinajstić information content (AvgIpc) is 2.75. The highest BCUT2D eigenvalue weighted by molar-refractivity contribution is 5.90. The topological polar surface area (TPSA) is 66.6 Å². The van der Waals surface area contributed by atoms with E-state index >= 15 is 0 Å². The minimum Gasteiger partial charge on any atom is -0.347 e. The summed E-state index contributed by atoms with van der Waals surface area (Å²) in [6, 6.07) is -0.768. The van der Waals surface area contributed by atoms with E-state index in [-0.39, 0.29) is 17.9 Å². The molecule has 0 bridgehead atoms. The van der Waals surface area contributed by atoms with Crippen molar-refractivity contribution in [2.75, 3.05) is 20.6 Å². The molecule has 0 aromatic rings. The van der Waals surface area contributed by atoms with Crippen molar-refractivity contribution in [3.05, 3.63) is 0 Å². The summed E-state index contributed by atoms with van der Waals surface area (Å²) in [5.74, 6) is -0.0795. The minimum atomic E-state index is -0.462. The van der Waals surface area contributed by atoms with Gasteiger partial charge in [0.05, 0.1) is 6.04 Å². The second-order valence-corrected chi connectivity index (χ2v) is 4.82. The molecule has 0 aromatic carbocycles. The molecule has 0 aliphatic carbocycles. The average molecular weight is 241 g/mol. The number of carbonyl (C=O) groups is 2. The predicted molar refractivity (Wildman–Crippen MR) is 66.3 cm³/mol. The molecule has 0 spiro atoms. The Kier molecular flexibility index (Phi) is 4.93. The summed E-state index contributed by atoms with van der Waals surface area (Å²) < 4.78 is 0. The van der Waals surface area contributed by atoms with E-state index in [0.29, 0.717) is 13.0 Å². The zero-order chi connectivity index (χ0) is 13.0. The van der Waals surface area contributed by atoms with Crippen LogP contribution in [0.4, 0.5) is 0 Å². The van der Waals surface area contributed by atoms with Crippen molar-refractivity contribution in [3.63, 3.8) is 0 Å². The van der Waals surface area contributed by atoms with Gasteiger partial charge in [-0.15, -0.1) is 0 Å². The fourth-order valence-corrected chi connectivity index (χ4v) is 2.23. The van der Waals surface area contributed by atoms with Gasteiger partial charge in [0.15, 0.2) is 0 Å². The molecule has 1 aliphatic rings. The van der Waals surface area contributed by atoms with Crippen molar-refractivity contribution in [2.45, 2.75) is 44.7 Å². The van der Waals surface area contributed by atoms with Gasteiger partial charge in [-0.2, -0.15) is 0 Å². The lowest BCUT2D eigenvalue weighted by atomic mass is 10.1. The zero-order valence-corrected chi connectivity index (χ0v) is 11.0. The van der Waals surface area contributed by atoms with Crippen LogP contribution in [-0.4, -0.2) is 54.3 Å². The highest BCUT2D eigenvalue weighted by Crippen LogP contribution is 2.20. The molecule has 17 heavy (non-hydrogen) atoms. The van der Waals surface area contributed by atoms with Crippen LogP contribution in [0.25, 0.3) is 0 Å². The lowest BCUT2D eigenvalue weighted by Crippen LogP contribution is -2.50. The quantitative estimate of drug-likeness (QED) is 0.764. The third-order valence-electron chi connectivity index (χ3n) is 3.18. The Morgan fingerprint density at radius 2 is 2.12 bits per heavy atom. The third-order valence-corrected chi connectivity index (χ3v) is 3.18. The summed E-state index contributed by atoms with van der Waals surface area (Å²) in [5.41, 5.74) is 5.83. The molecule has 0 aromatic heterocycles. The van der Waals surface area contributed by atoms with Gasteiger partial charge in [-0.1, -0.05) is 13.3 Å². The third kappa shape index (κ3) is 3.19. The van der Waals surface area contributed by atoms with Crippen molar-refractivity contribution < 1.29 is 9.59 Å². The fraction of sp³-hybridized carbons (Fsp3) is 0.833. The van der Waals surface area contributed by atoms with Crippen LogP contribution < -0.4 is 5.73 Å². The summed E-state index contributed by atoms with van der Waals surface area (Å²) >= 11 is 0. The number of amides is 2. The number of hydrogen-bond acceptors (Lipinski definition) is 3. The highest BCUT2D eigenvalue weighted by Gasteiger charge is 2.36. The molecular formula is C12H23N3O2. The van der Waals surface area contributed by atoms with Crippen LogP contribution in [0.2, 0.25) is 0 Å². The van der Waals surface area contributed by atoms with Gasteiger partial charge in [-0.05, 0) is 19.3 Å².